The van der Waals surface area contributed by atoms with Gasteiger partial charge in [-0.15, -0.1) is 0 Å². The lowest BCUT2D eigenvalue weighted by Crippen LogP contribution is -1.94. The highest BCUT2D eigenvalue weighted by Gasteiger charge is 2.05. The number of allylic oxidation sites excluding steroid dienone is 1. The van der Waals surface area contributed by atoms with Gasteiger partial charge in [-0.25, -0.2) is 0 Å². The van der Waals surface area contributed by atoms with Gasteiger partial charge in [0.1, 0.15) is 0 Å². The molecule has 0 unspecified atom stereocenters. The van der Waals surface area contributed by atoms with E-state index in [2.05, 4.69) is 15.9 Å². The molecule has 0 amide bonds. The molecule has 0 atom stereocenters. The summed E-state index contributed by atoms with van der Waals surface area (Å²) in [7, 11) is 0. The van der Waals surface area contributed by atoms with Gasteiger partial charge in [0.05, 0.1) is 5.02 Å². The molecule has 0 bridgehead atoms. The zero-order valence-corrected chi connectivity index (χ0v) is 9.48. The molecule has 0 saturated carbocycles. The van der Waals surface area contributed by atoms with Crippen LogP contribution in [0.25, 0.3) is 5.57 Å². The molecule has 1 aromatic rings. The van der Waals surface area contributed by atoms with E-state index in [0.29, 0.717) is 10.7 Å². The lowest BCUT2D eigenvalue weighted by Gasteiger charge is -2.07. The van der Waals surface area contributed by atoms with Crippen molar-refractivity contribution in [2.24, 2.45) is 5.73 Å². The van der Waals surface area contributed by atoms with Crippen molar-refractivity contribution in [1.82, 2.24) is 0 Å². The molecule has 1 rings (SSSR count). The van der Waals surface area contributed by atoms with Crippen LogP contribution in [0.1, 0.15) is 12.5 Å². The highest BCUT2D eigenvalue weighted by atomic mass is 79.9. The first-order valence-corrected chi connectivity index (χ1v) is 4.86. The Morgan fingerprint density at radius 3 is 2.69 bits per heavy atom. The van der Waals surface area contributed by atoms with Crippen LogP contribution in [0.15, 0.2) is 22.8 Å². The van der Waals surface area contributed by atoms with Gasteiger partial charge >= 0.3 is 0 Å². The van der Waals surface area contributed by atoms with Gasteiger partial charge in [-0.2, -0.15) is 0 Å². The van der Waals surface area contributed by atoms with Gasteiger partial charge < -0.3 is 11.5 Å². The first-order valence-electron chi connectivity index (χ1n) is 3.69. The van der Waals surface area contributed by atoms with E-state index in [1.807, 2.05) is 6.92 Å². The van der Waals surface area contributed by atoms with Gasteiger partial charge in [-0.1, -0.05) is 11.6 Å². The fraction of sp³-hybridized carbons (Fsp3) is 0.111. The quantitative estimate of drug-likeness (QED) is 0.764. The normalized spacial score (nSPS) is 11.8. The number of rotatable bonds is 1. The van der Waals surface area contributed by atoms with Crippen LogP contribution >= 0.6 is 27.5 Å². The van der Waals surface area contributed by atoms with Crippen molar-refractivity contribution in [3.8, 4) is 0 Å². The Labute approximate surface area is 90.7 Å². The molecule has 1 aromatic carbocycles. The van der Waals surface area contributed by atoms with E-state index in [1.54, 1.807) is 12.1 Å². The molecule has 70 valence electrons. The van der Waals surface area contributed by atoms with Crippen LogP contribution in [-0.4, -0.2) is 0 Å². The van der Waals surface area contributed by atoms with E-state index < -0.39 is 0 Å². The molecule has 0 spiro atoms. The third-order valence-electron chi connectivity index (χ3n) is 1.77. The highest BCUT2D eigenvalue weighted by molar-refractivity contribution is 9.10. The Morgan fingerprint density at radius 2 is 2.15 bits per heavy atom. The SMILES string of the molecule is C/C(=C/N)c1cc(Cl)c(Br)cc1N. The second kappa shape index (κ2) is 4.03. The Hall–Kier alpha value is -0.670. The van der Waals surface area contributed by atoms with Crippen molar-refractivity contribution in [3.05, 3.63) is 33.4 Å². The molecular formula is C9H10BrClN2. The van der Waals surface area contributed by atoms with Crippen LogP contribution in [-0.2, 0) is 0 Å². The zero-order chi connectivity index (χ0) is 10.0. The molecule has 0 aromatic heterocycles. The molecule has 13 heavy (non-hydrogen) atoms. The van der Waals surface area contributed by atoms with Crippen LogP contribution in [0.4, 0.5) is 5.69 Å². The van der Waals surface area contributed by atoms with Crippen LogP contribution in [0.5, 0.6) is 0 Å². The van der Waals surface area contributed by atoms with Crippen molar-refractivity contribution in [2.75, 3.05) is 5.73 Å². The van der Waals surface area contributed by atoms with Crippen molar-refractivity contribution >= 4 is 38.8 Å². The van der Waals surface area contributed by atoms with Gasteiger partial charge in [-0.3, -0.25) is 0 Å². The third-order valence-corrected chi connectivity index (χ3v) is 2.96. The Bertz CT molecular complexity index is 361. The number of halogens is 2. The summed E-state index contributed by atoms with van der Waals surface area (Å²) in [6, 6.07) is 3.56. The fourth-order valence-corrected chi connectivity index (χ4v) is 1.52. The predicted octanol–water partition coefficient (Wildman–Crippen LogP) is 3.00. The molecular weight excluding hydrogens is 251 g/mol. The summed E-state index contributed by atoms with van der Waals surface area (Å²) >= 11 is 9.20. The van der Waals surface area contributed by atoms with E-state index in [4.69, 9.17) is 23.1 Å². The monoisotopic (exact) mass is 260 g/mol. The first kappa shape index (κ1) is 10.4. The topological polar surface area (TPSA) is 52.0 Å². The Morgan fingerprint density at radius 1 is 1.54 bits per heavy atom. The number of nitrogen functional groups attached to an aromatic ring is 1. The maximum Gasteiger partial charge on any atom is 0.0555 e. The van der Waals surface area contributed by atoms with E-state index in [0.717, 1.165) is 15.6 Å². The van der Waals surface area contributed by atoms with Gasteiger partial charge in [0.2, 0.25) is 0 Å². The highest BCUT2D eigenvalue weighted by Crippen LogP contribution is 2.30. The predicted molar refractivity (Wildman–Crippen MR) is 61.4 cm³/mol. The minimum Gasteiger partial charge on any atom is -0.404 e. The lowest BCUT2D eigenvalue weighted by atomic mass is 10.1. The fourth-order valence-electron chi connectivity index (χ4n) is 0.994. The molecule has 0 aliphatic rings. The number of anilines is 1. The summed E-state index contributed by atoms with van der Waals surface area (Å²) in [4.78, 5) is 0. The lowest BCUT2D eigenvalue weighted by molar-refractivity contribution is 1.49. The largest absolute Gasteiger partial charge is 0.404 e. The molecule has 0 aliphatic heterocycles. The minimum absolute atomic E-state index is 0.630. The average Bonchev–Trinajstić information content (AvgIpc) is 2.10. The van der Waals surface area contributed by atoms with E-state index >= 15 is 0 Å². The number of hydrogen-bond donors (Lipinski definition) is 2. The standard InChI is InChI=1S/C9H10BrClN2/c1-5(4-12)6-2-8(11)7(10)3-9(6)13/h2-4H,12-13H2,1H3/b5-4-. The number of hydrogen-bond acceptors (Lipinski definition) is 2. The molecule has 0 saturated heterocycles. The first-order chi connectivity index (χ1) is 6.06. The molecule has 0 fully saturated rings. The van der Waals surface area contributed by atoms with Gasteiger partial charge in [-0.05, 0) is 46.8 Å². The van der Waals surface area contributed by atoms with Crippen molar-refractivity contribution in [1.29, 1.82) is 0 Å². The average molecular weight is 262 g/mol. The number of benzene rings is 1. The summed E-state index contributed by atoms with van der Waals surface area (Å²) in [6.45, 7) is 1.88. The smallest absolute Gasteiger partial charge is 0.0555 e. The third kappa shape index (κ3) is 2.17. The van der Waals surface area contributed by atoms with Gasteiger partial charge in [0.25, 0.3) is 0 Å². The van der Waals surface area contributed by atoms with Crippen LogP contribution in [0.2, 0.25) is 5.02 Å². The molecule has 0 heterocycles. The van der Waals surface area contributed by atoms with Gasteiger partial charge in [0.15, 0.2) is 0 Å². The molecule has 0 aliphatic carbocycles. The van der Waals surface area contributed by atoms with E-state index in [9.17, 15) is 0 Å². The van der Waals surface area contributed by atoms with E-state index in [-0.39, 0.29) is 0 Å². The molecule has 2 nitrogen and oxygen atoms in total. The second-order valence-corrected chi connectivity index (χ2v) is 3.96. The summed E-state index contributed by atoms with van der Waals surface area (Å²) in [5.74, 6) is 0. The number of nitrogens with two attached hydrogens (primary N) is 2. The van der Waals surface area contributed by atoms with Crippen molar-refractivity contribution in [2.45, 2.75) is 6.92 Å². The van der Waals surface area contributed by atoms with Crippen LogP contribution in [0, 0.1) is 0 Å². The van der Waals surface area contributed by atoms with Crippen molar-refractivity contribution in [3.63, 3.8) is 0 Å². The summed E-state index contributed by atoms with van der Waals surface area (Å²) < 4.78 is 0.792. The second-order valence-electron chi connectivity index (χ2n) is 2.70. The minimum atomic E-state index is 0.630. The zero-order valence-electron chi connectivity index (χ0n) is 7.14. The van der Waals surface area contributed by atoms with Crippen molar-refractivity contribution < 1.29 is 0 Å². The Kier molecular flexibility index (Phi) is 3.22. The maximum atomic E-state index is 5.92. The molecule has 4 N–H and O–H groups in total. The van der Waals surface area contributed by atoms with Crippen LogP contribution in [0.3, 0.4) is 0 Å². The maximum absolute atomic E-state index is 5.92. The Balaban J connectivity index is 3.32. The van der Waals surface area contributed by atoms with Gasteiger partial charge in [0, 0.05) is 15.7 Å². The summed E-state index contributed by atoms with van der Waals surface area (Å²) in [5, 5.41) is 0.630. The van der Waals surface area contributed by atoms with E-state index in [1.165, 1.54) is 6.20 Å². The summed E-state index contributed by atoms with van der Waals surface area (Å²) in [6.07, 6.45) is 1.51. The summed E-state index contributed by atoms with van der Waals surface area (Å²) in [5.41, 5.74) is 13.6. The molecule has 0 radical (unpaired) electrons. The van der Waals surface area contributed by atoms with Crippen LogP contribution < -0.4 is 11.5 Å². The molecule has 4 heteroatoms.